The van der Waals surface area contributed by atoms with Gasteiger partial charge in [0.1, 0.15) is 18.1 Å². The first-order valence-corrected chi connectivity index (χ1v) is 12.2. The van der Waals surface area contributed by atoms with Gasteiger partial charge >= 0.3 is 8.32 Å². The van der Waals surface area contributed by atoms with Crippen molar-refractivity contribution < 1.29 is 9.16 Å². The largest absolute Gasteiger partial charge is 0.535 e. The van der Waals surface area contributed by atoms with E-state index in [9.17, 15) is 0 Å². The van der Waals surface area contributed by atoms with E-state index in [2.05, 4.69) is 67.2 Å². The molecule has 2 nitrogen and oxygen atoms in total. The molecule has 0 amide bonds. The lowest BCUT2D eigenvalue weighted by Gasteiger charge is -2.29. The Morgan fingerprint density at radius 3 is 1.52 bits per heavy atom. The highest BCUT2D eigenvalue weighted by molar-refractivity contribution is 6.97. The van der Waals surface area contributed by atoms with E-state index in [1.807, 2.05) is 54.6 Å². The summed E-state index contributed by atoms with van der Waals surface area (Å²) in [5.41, 5.74) is 1.15. The Balaban J connectivity index is 1.54. The van der Waals surface area contributed by atoms with Gasteiger partial charge in [-0.3, -0.25) is 0 Å². The van der Waals surface area contributed by atoms with Crippen LogP contribution in [0.4, 0.5) is 0 Å². The van der Waals surface area contributed by atoms with Crippen molar-refractivity contribution in [1.82, 2.24) is 0 Å². The van der Waals surface area contributed by atoms with E-state index < -0.39 is 8.32 Å². The van der Waals surface area contributed by atoms with Gasteiger partial charge in [-0.1, -0.05) is 91.0 Å². The lowest BCUT2D eigenvalue weighted by Crippen LogP contribution is -2.60. The average Bonchev–Trinajstić information content (AvgIpc) is 2.80. The van der Waals surface area contributed by atoms with E-state index in [1.54, 1.807) is 0 Å². The van der Waals surface area contributed by atoms with Gasteiger partial charge in [0.25, 0.3) is 0 Å². The molecule has 0 unspecified atom stereocenters. The minimum absolute atomic E-state index is 0.557. The van der Waals surface area contributed by atoms with Gasteiger partial charge in [-0.15, -0.1) is 0 Å². The first-order valence-electron chi connectivity index (χ1n) is 9.81. The van der Waals surface area contributed by atoms with E-state index in [0.717, 1.165) is 17.1 Å². The Hall–Kier alpha value is -3.30. The molecule has 0 fully saturated rings. The third-order valence-electron chi connectivity index (χ3n) is 5.04. The van der Waals surface area contributed by atoms with Crippen molar-refractivity contribution in [1.29, 1.82) is 0 Å². The predicted octanol–water partition coefficient (Wildman–Crippen LogP) is 5.03. The van der Waals surface area contributed by atoms with Crippen LogP contribution in [0.3, 0.4) is 0 Å². The van der Waals surface area contributed by atoms with Gasteiger partial charge in [0.15, 0.2) is 0 Å². The minimum Gasteiger partial charge on any atom is -0.535 e. The highest BCUT2D eigenvalue weighted by Crippen LogP contribution is 2.21. The third kappa shape index (κ3) is 4.58. The van der Waals surface area contributed by atoms with E-state index in [1.165, 1.54) is 10.4 Å². The Kier molecular flexibility index (Phi) is 5.78. The van der Waals surface area contributed by atoms with Crippen molar-refractivity contribution in [2.45, 2.75) is 13.2 Å². The number of hydrogen-bond acceptors (Lipinski definition) is 2. The van der Waals surface area contributed by atoms with Crippen LogP contribution in [0.1, 0.15) is 5.56 Å². The zero-order chi connectivity index (χ0) is 19.9. The quantitative estimate of drug-likeness (QED) is 0.408. The fourth-order valence-corrected chi connectivity index (χ4v) is 6.21. The third-order valence-corrected chi connectivity index (χ3v) is 8.56. The molecular formula is C26H24O2Si. The van der Waals surface area contributed by atoms with Crippen LogP contribution in [0.5, 0.6) is 11.5 Å². The van der Waals surface area contributed by atoms with Crippen LogP contribution in [0.15, 0.2) is 115 Å². The highest BCUT2D eigenvalue weighted by atomic mass is 28.4. The smallest absolute Gasteiger partial charge is 0.311 e. The molecule has 0 aliphatic carbocycles. The standard InChI is InChI=1S/C26H24O2Si/c1-29(25-13-7-3-8-14-25,26-15-9-4-10-16-26)28-24-19-17-23(18-20-24)27-21-22-11-5-2-6-12-22/h2-20H,21H2,1H3. The second-order valence-corrected chi connectivity index (χ2v) is 10.5. The molecule has 4 rings (SSSR count). The van der Waals surface area contributed by atoms with Crippen molar-refractivity contribution in [3.63, 3.8) is 0 Å². The number of ether oxygens (including phenoxy) is 1. The lowest BCUT2D eigenvalue weighted by molar-refractivity contribution is 0.306. The summed E-state index contributed by atoms with van der Waals surface area (Å²) in [7, 11) is -2.37. The summed E-state index contributed by atoms with van der Waals surface area (Å²) in [6.07, 6.45) is 0. The molecule has 0 radical (unpaired) electrons. The number of rotatable bonds is 7. The molecule has 0 aromatic heterocycles. The molecule has 0 atom stereocenters. The molecule has 4 aromatic carbocycles. The summed E-state index contributed by atoms with van der Waals surface area (Å²) >= 11 is 0. The highest BCUT2D eigenvalue weighted by Gasteiger charge is 2.36. The maximum absolute atomic E-state index is 6.68. The summed E-state index contributed by atoms with van der Waals surface area (Å²) in [4.78, 5) is 0. The molecule has 4 aromatic rings. The van der Waals surface area contributed by atoms with Crippen LogP contribution in [0, 0.1) is 0 Å². The van der Waals surface area contributed by atoms with Gasteiger partial charge in [0.05, 0.1) is 0 Å². The molecule has 0 saturated heterocycles. The summed E-state index contributed by atoms with van der Waals surface area (Å²) in [5, 5.41) is 2.49. The maximum atomic E-state index is 6.68. The normalized spacial score (nSPS) is 11.1. The van der Waals surface area contributed by atoms with Crippen LogP contribution in [-0.2, 0) is 6.61 Å². The van der Waals surface area contributed by atoms with E-state index in [-0.39, 0.29) is 0 Å². The Bertz CT molecular complexity index is 977. The van der Waals surface area contributed by atoms with Crippen molar-refractivity contribution in [3.8, 4) is 11.5 Å². The summed E-state index contributed by atoms with van der Waals surface area (Å²) in [6.45, 7) is 2.80. The molecule has 3 heteroatoms. The van der Waals surface area contributed by atoms with Gasteiger partial charge in [0.2, 0.25) is 0 Å². The van der Waals surface area contributed by atoms with Gasteiger partial charge in [-0.25, -0.2) is 0 Å². The zero-order valence-corrected chi connectivity index (χ0v) is 17.5. The fourth-order valence-electron chi connectivity index (χ4n) is 3.38. The second kappa shape index (κ2) is 8.80. The van der Waals surface area contributed by atoms with Crippen molar-refractivity contribution in [3.05, 3.63) is 121 Å². The SMILES string of the molecule is C[Si](Oc1ccc(OCc2ccccc2)cc1)(c1ccccc1)c1ccccc1. The Morgan fingerprint density at radius 1 is 0.552 bits per heavy atom. The van der Waals surface area contributed by atoms with Crippen molar-refractivity contribution in [2.24, 2.45) is 0 Å². The summed E-state index contributed by atoms with van der Waals surface area (Å²) in [6, 6.07) is 39.2. The summed E-state index contributed by atoms with van der Waals surface area (Å²) in [5.74, 6) is 1.70. The molecule has 0 heterocycles. The Labute approximate surface area is 173 Å². The number of benzene rings is 4. The van der Waals surface area contributed by atoms with E-state index in [0.29, 0.717) is 6.61 Å². The van der Waals surface area contributed by atoms with Crippen molar-refractivity contribution in [2.75, 3.05) is 0 Å². The van der Waals surface area contributed by atoms with Gasteiger partial charge in [-0.05, 0) is 46.7 Å². The summed E-state index contributed by atoms with van der Waals surface area (Å²) < 4.78 is 12.6. The second-order valence-electron chi connectivity index (χ2n) is 7.11. The van der Waals surface area contributed by atoms with Crippen LogP contribution >= 0.6 is 0 Å². The zero-order valence-electron chi connectivity index (χ0n) is 16.5. The lowest BCUT2D eigenvalue weighted by atomic mass is 10.2. The monoisotopic (exact) mass is 396 g/mol. The fraction of sp³-hybridized carbons (Fsp3) is 0.0769. The Morgan fingerprint density at radius 2 is 1.00 bits per heavy atom. The average molecular weight is 397 g/mol. The molecule has 144 valence electrons. The molecule has 29 heavy (non-hydrogen) atoms. The molecule has 0 aliphatic heterocycles. The van der Waals surface area contributed by atoms with Gasteiger partial charge in [0, 0.05) is 0 Å². The maximum Gasteiger partial charge on any atom is 0.311 e. The number of hydrogen-bond donors (Lipinski definition) is 0. The molecule has 0 bridgehead atoms. The van der Waals surface area contributed by atoms with E-state index in [4.69, 9.17) is 9.16 Å². The molecule has 0 spiro atoms. The first kappa shape index (κ1) is 19.0. The van der Waals surface area contributed by atoms with Crippen LogP contribution in [-0.4, -0.2) is 8.32 Å². The molecular weight excluding hydrogens is 372 g/mol. The first-order chi connectivity index (χ1) is 14.2. The predicted molar refractivity (Wildman–Crippen MR) is 122 cm³/mol. The van der Waals surface area contributed by atoms with Crippen molar-refractivity contribution >= 4 is 18.7 Å². The topological polar surface area (TPSA) is 18.5 Å². The molecule has 0 saturated carbocycles. The van der Waals surface area contributed by atoms with E-state index >= 15 is 0 Å². The van der Waals surface area contributed by atoms with Gasteiger partial charge in [-0.2, -0.15) is 0 Å². The minimum atomic E-state index is -2.37. The molecule has 0 aliphatic rings. The molecule has 0 N–H and O–H groups in total. The van der Waals surface area contributed by atoms with Crippen LogP contribution in [0.2, 0.25) is 6.55 Å². The van der Waals surface area contributed by atoms with Gasteiger partial charge < -0.3 is 9.16 Å². The van der Waals surface area contributed by atoms with Crippen LogP contribution in [0.25, 0.3) is 0 Å². The van der Waals surface area contributed by atoms with Crippen LogP contribution < -0.4 is 19.5 Å².